The van der Waals surface area contributed by atoms with Gasteiger partial charge in [0.2, 0.25) is 5.88 Å². The molecule has 6 nitrogen and oxygen atoms in total. The van der Waals surface area contributed by atoms with Crippen LogP contribution in [-0.4, -0.2) is 73.1 Å². The average Bonchev–Trinajstić information content (AvgIpc) is 2.54. The molecule has 1 saturated heterocycles. The number of pyridine rings is 1. The Kier molecular flexibility index (Phi) is 6.15. The maximum absolute atomic E-state index is 12.3. The molecule has 1 aromatic rings. The van der Waals surface area contributed by atoms with Crippen molar-refractivity contribution in [2.45, 2.75) is 19.9 Å². The zero-order valence-corrected chi connectivity index (χ0v) is 13.7. The van der Waals surface area contributed by atoms with Crippen molar-refractivity contribution in [1.82, 2.24) is 20.1 Å². The van der Waals surface area contributed by atoms with Crippen molar-refractivity contribution in [3.05, 3.63) is 23.9 Å². The van der Waals surface area contributed by atoms with Gasteiger partial charge in [0.25, 0.3) is 5.91 Å². The Bertz CT molecular complexity index is 487. The third kappa shape index (κ3) is 4.42. The maximum atomic E-state index is 12.3. The number of amides is 1. The molecule has 2 heterocycles. The molecular weight excluding hydrogens is 280 g/mol. The van der Waals surface area contributed by atoms with Crippen LogP contribution in [0.3, 0.4) is 0 Å². The summed E-state index contributed by atoms with van der Waals surface area (Å²) < 4.78 is 5.41. The molecule has 0 unspecified atom stereocenters. The molecule has 0 radical (unpaired) electrons. The summed E-state index contributed by atoms with van der Waals surface area (Å²) in [5, 5.41) is 2.99. The van der Waals surface area contributed by atoms with E-state index in [2.05, 4.69) is 34.1 Å². The number of nitrogens with one attached hydrogen (secondary N) is 1. The molecule has 0 bridgehead atoms. The fraction of sp³-hybridized carbons (Fsp3) is 0.625. The Hall–Kier alpha value is -1.66. The second kappa shape index (κ2) is 8.10. The van der Waals surface area contributed by atoms with Gasteiger partial charge in [0.1, 0.15) is 5.56 Å². The molecular formula is C16H26N4O2. The van der Waals surface area contributed by atoms with Gasteiger partial charge in [-0.2, -0.15) is 0 Å². The van der Waals surface area contributed by atoms with Gasteiger partial charge in [-0.15, -0.1) is 0 Å². The molecule has 1 fully saturated rings. The van der Waals surface area contributed by atoms with E-state index in [0.29, 0.717) is 30.6 Å². The first-order chi connectivity index (χ1) is 10.6. The molecule has 0 aliphatic carbocycles. The predicted octanol–water partition coefficient (Wildman–Crippen LogP) is 0.846. The van der Waals surface area contributed by atoms with Crippen molar-refractivity contribution in [2.24, 2.45) is 0 Å². The number of hydrogen-bond donors (Lipinski definition) is 1. The fourth-order valence-corrected chi connectivity index (χ4v) is 2.54. The van der Waals surface area contributed by atoms with E-state index in [4.69, 9.17) is 4.74 Å². The lowest BCUT2D eigenvalue weighted by Gasteiger charge is -2.36. The topological polar surface area (TPSA) is 57.7 Å². The van der Waals surface area contributed by atoms with Crippen LogP contribution in [-0.2, 0) is 0 Å². The summed E-state index contributed by atoms with van der Waals surface area (Å²) in [4.78, 5) is 21.2. The lowest BCUT2D eigenvalue weighted by atomic mass is 10.2. The fourth-order valence-electron chi connectivity index (χ4n) is 2.54. The van der Waals surface area contributed by atoms with Crippen LogP contribution < -0.4 is 10.1 Å². The highest BCUT2D eigenvalue weighted by molar-refractivity contribution is 5.96. The Morgan fingerprint density at radius 1 is 1.41 bits per heavy atom. The molecule has 0 aromatic carbocycles. The summed E-state index contributed by atoms with van der Waals surface area (Å²) in [6, 6.07) is 3.82. The standard InChI is InChI=1S/C16H26N4O2/c1-4-22-16-14(6-5-7-17-16)15(21)18-12-13(2)20-10-8-19(3)9-11-20/h5-7,13H,4,8-12H2,1-3H3,(H,18,21)/t13-/m1/s1. The van der Waals surface area contributed by atoms with Gasteiger partial charge in [-0.05, 0) is 33.0 Å². The quantitative estimate of drug-likeness (QED) is 0.844. The number of carbonyl (C=O) groups is 1. The van der Waals surface area contributed by atoms with E-state index < -0.39 is 0 Å². The molecule has 22 heavy (non-hydrogen) atoms. The number of ether oxygens (including phenoxy) is 1. The molecule has 0 spiro atoms. The lowest BCUT2D eigenvalue weighted by Crippen LogP contribution is -2.51. The third-order valence-electron chi connectivity index (χ3n) is 4.02. The second-order valence-corrected chi connectivity index (χ2v) is 5.69. The molecule has 1 atom stereocenters. The lowest BCUT2D eigenvalue weighted by molar-refractivity contribution is 0.0899. The van der Waals surface area contributed by atoms with Crippen molar-refractivity contribution in [1.29, 1.82) is 0 Å². The summed E-state index contributed by atoms with van der Waals surface area (Å²) in [7, 11) is 2.14. The van der Waals surface area contributed by atoms with E-state index in [1.165, 1.54) is 0 Å². The number of nitrogens with zero attached hydrogens (tertiary/aromatic N) is 3. The van der Waals surface area contributed by atoms with Gasteiger partial charge in [0.05, 0.1) is 6.61 Å². The molecule has 1 aliphatic heterocycles. The highest BCUT2D eigenvalue weighted by Gasteiger charge is 2.20. The molecule has 1 amide bonds. The molecule has 2 rings (SSSR count). The van der Waals surface area contributed by atoms with Crippen molar-refractivity contribution < 1.29 is 9.53 Å². The van der Waals surface area contributed by atoms with Gasteiger partial charge < -0.3 is 15.0 Å². The third-order valence-corrected chi connectivity index (χ3v) is 4.02. The largest absolute Gasteiger partial charge is 0.477 e. The molecule has 122 valence electrons. The summed E-state index contributed by atoms with van der Waals surface area (Å²) >= 11 is 0. The van der Waals surface area contributed by atoms with E-state index >= 15 is 0 Å². The van der Waals surface area contributed by atoms with Crippen LogP contribution in [0, 0.1) is 0 Å². The van der Waals surface area contributed by atoms with Crippen LogP contribution in [0.25, 0.3) is 0 Å². The van der Waals surface area contributed by atoms with Crippen molar-refractivity contribution in [3.63, 3.8) is 0 Å². The smallest absolute Gasteiger partial charge is 0.256 e. The average molecular weight is 306 g/mol. The van der Waals surface area contributed by atoms with Gasteiger partial charge in [-0.3, -0.25) is 9.69 Å². The van der Waals surface area contributed by atoms with Crippen LogP contribution in [0.1, 0.15) is 24.2 Å². The van der Waals surface area contributed by atoms with Crippen LogP contribution in [0.4, 0.5) is 0 Å². The first-order valence-electron chi connectivity index (χ1n) is 7.90. The number of carbonyl (C=O) groups excluding carboxylic acids is 1. The SMILES string of the molecule is CCOc1ncccc1C(=O)NC[C@@H](C)N1CCN(C)CC1. The van der Waals surface area contributed by atoms with Crippen molar-refractivity contribution >= 4 is 5.91 Å². The van der Waals surface area contributed by atoms with Gasteiger partial charge in [-0.1, -0.05) is 0 Å². The number of piperazine rings is 1. The molecule has 1 aliphatic rings. The normalized spacial score (nSPS) is 18.0. The van der Waals surface area contributed by atoms with Crippen molar-refractivity contribution in [2.75, 3.05) is 46.4 Å². The second-order valence-electron chi connectivity index (χ2n) is 5.69. The summed E-state index contributed by atoms with van der Waals surface area (Å²) in [5.74, 6) is 0.271. The van der Waals surface area contributed by atoms with Gasteiger partial charge in [0, 0.05) is 45.0 Å². The Morgan fingerprint density at radius 2 is 2.14 bits per heavy atom. The van der Waals surface area contributed by atoms with Crippen molar-refractivity contribution in [3.8, 4) is 5.88 Å². The van der Waals surface area contributed by atoms with E-state index in [-0.39, 0.29) is 5.91 Å². The van der Waals surface area contributed by atoms with Crippen LogP contribution >= 0.6 is 0 Å². The summed E-state index contributed by atoms with van der Waals surface area (Å²) in [6.07, 6.45) is 1.63. The van der Waals surface area contributed by atoms with Gasteiger partial charge in [-0.25, -0.2) is 4.98 Å². The predicted molar refractivity (Wildman–Crippen MR) is 86.3 cm³/mol. The number of aromatic nitrogens is 1. The Balaban J connectivity index is 1.87. The minimum atomic E-state index is -0.127. The Morgan fingerprint density at radius 3 is 2.82 bits per heavy atom. The maximum Gasteiger partial charge on any atom is 0.256 e. The molecule has 1 N–H and O–H groups in total. The zero-order chi connectivity index (χ0) is 15.9. The number of likely N-dealkylation sites (N-methyl/N-ethyl adjacent to an activating group) is 1. The van der Waals surface area contributed by atoms with E-state index in [0.717, 1.165) is 26.2 Å². The van der Waals surface area contributed by atoms with Crippen LogP contribution in [0.15, 0.2) is 18.3 Å². The van der Waals surface area contributed by atoms with E-state index in [1.807, 2.05) is 6.92 Å². The summed E-state index contributed by atoms with van der Waals surface area (Å²) in [6.45, 7) is 9.40. The monoisotopic (exact) mass is 306 g/mol. The van der Waals surface area contributed by atoms with Crippen LogP contribution in [0.2, 0.25) is 0 Å². The minimum absolute atomic E-state index is 0.127. The van der Waals surface area contributed by atoms with Gasteiger partial charge in [0.15, 0.2) is 0 Å². The first-order valence-corrected chi connectivity index (χ1v) is 7.90. The first kappa shape index (κ1) is 16.7. The minimum Gasteiger partial charge on any atom is -0.477 e. The highest BCUT2D eigenvalue weighted by Crippen LogP contribution is 2.14. The van der Waals surface area contributed by atoms with E-state index in [1.54, 1.807) is 18.3 Å². The highest BCUT2D eigenvalue weighted by atomic mass is 16.5. The van der Waals surface area contributed by atoms with E-state index in [9.17, 15) is 4.79 Å². The number of hydrogen-bond acceptors (Lipinski definition) is 5. The molecule has 1 aromatic heterocycles. The van der Waals surface area contributed by atoms with Gasteiger partial charge >= 0.3 is 0 Å². The van der Waals surface area contributed by atoms with Crippen LogP contribution in [0.5, 0.6) is 5.88 Å². The molecule has 0 saturated carbocycles. The summed E-state index contributed by atoms with van der Waals surface area (Å²) in [5.41, 5.74) is 0.495. The zero-order valence-electron chi connectivity index (χ0n) is 13.7. The Labute approximate surface area is 132 Å². The molecule has 6 heteroatoms. The number of rotatable bonds is 6.